The summed E-state index contributed by atoms with van der Waals surface area (Å²) in [5, 5.41) is 0. The van der Waals surface area contributed by atoms with Crippen LogP contribution in [-0.2, 0) is 13.0 Å². The Morgan fingerprint density at radius 3 is 2.83 bits per heavy atom. The molecule has 0 unspecified atom stereocenters. The van der Waals surface area contributed by atoms with Crippen molar-refractivity contribution in [2.24, 2.45) is 0 Å². The quantitative estimate of drug-likeness (QED) is 0.870. The summed E-state index contributed by atoms with van der Waals surface area (Å²) in [5.74, 6) is 0.948. The van der Waals surface area contributed by atoms with Gasteiger partial charge in [0.05, 0.1) is 11.4 Å². The Labute approximate surface area is 142 Å². The molecule has 3 aliphatic rings. The molecule has 0 spiro atoms. The molecule has 5 nitrogen and oxygen atoms in total. The second-order valence-electron chi connectivity index (χ2n) is 7.21. The van der Waals surface area contributed by atoms with Gasteiger partial charge < -0.3 is 4.90 Å². The Morgan fingerprint density at radius 1 is 1.08 bits per heavy atom. The average molecular weight is 321 g/mol. The summed E-state index contributed by atoms with van der Waals surface area (Å²) in [6, 6.07) is 7.26. The largest absolute Gasteiger partial charge is 0.341 e. The van der Waals surface area contributed by atoms with Crippen LogP contribution < -0.4 is 4.90 Å². The Balaban J connectivity index is 1.42. The second-order valence-corrected chi connectivity index (χ2v) is 7.21. The van der Waals surface area contributed by atoms with Crippen LogP contribution in [-0.4, -0.2) is 39.0 Å². The van der Waals surface area contributed by atoms with Crippen LogP contribution in [0.15, 0.2) is 30.6 Å². The minimum absolute atomic E-state index is 0.466. The van der Waals surface area contributed by atoms with Crippen molar-refractivity contribution in [3.05, 3.63) is 47.5 Å². The van der Waals surface area contributed by atoms with Crippen molar-refractivity contribution >= 4 is 5.95 Å². The molecule has 5 heterocycles. The van der Waals surface area contributed by atoms with Crippen molar-refractivity contribution in [3.8, 4) is 0 Å². The lowest BCUT2D eigenvalue weighted by Crippen LogP contribution is -2.38. The molecular weight excluding hydrogens is 298 g/mol. The fraction of sp³-hybridized carbons (Fsp3) is 0.526. The predicted molar refractivity (Wildman–Crippen MR) is 92.7 cm³/mol. The Hall–Kier alpha value is -2.01. The SMILES string of the molecule is c1ccc(CN2[C@H]3CC[C@@H]2c2cnc(N4CCCC4)nc2C3)nc1. The lowest BCUT2D eigenvalue weighted by molar-refractivity contribution is 0.164. The standard InChI is InChI=1S/C19H23N5/c1-2-8-20-14(5-1)13-24-15-6-7-18(24)16-12-21-19(22-17(16)11-15)23-9-3-4-10-23/h1-2,5,8,12,15,18H,3-4,6-7,9-11,13H2/t15-,18+/m0/s1. The van der Waals surface area contributed by atoms with Gasteiger partial charge in [-0.05, 0) is 37.8 Å². The molecule has 2 aromatic rings. The number of aromatic nitrogens is 3. The van der Waals surface area contributed by atoms with Crippen LogP contribution in [0.4, 0.5) is 5.95 Å². The van der Waals surface area contributed by atoms with Crippen molar-refractivity contribution in [3.63, 3.8) is 0 Å². The van der Waals surface area contributed by atoms with Crippen molar-refractivity contribution in [1.82, 2.24) is 19.9 Å². The molecule has 0 saturated carbocycles. The summed E-state index contributed by atoms with van der Waals surface area (Å²) in [4.78, 5) is 19.1. The van der Waals surface area contributed by atoms with Crippen LogP contribution in [0.5, 0.6) is 0 Å². The van der Waals surface area contributed by atoms with Gasteiger partial charge >= 0.3 is 0 Å². The van der Waals surface area contributed by atoms with Gasteiger partial charge in [-0.3, -0.25) is 9.88 Å². The van der Waals surface area contributed by atoms with E-state index in [1.165, 1.54) is 36.9 Å². The molecule has 2 fully saturated rings. The van der Waals surface area contributed by atoms with Crippen molar-refractivity contribution in [2.45, 2.75) is 50.7 Å². The first-order chi connectivity index (χ1) is 11.9. The van der Waals surface area contributed by atoms with Crippen molar-refractivity contribution in [2.75, 3.05) is 18.0 Å². The number of pyridine rings is 1. The van der Waals surface area contributed by atoms with Gasteiger partial charge in [-0.2, -0.15) is 0 Å². The zero-order chi connectivity index (χ0) is 15.9. The minimum Gasteiger partial charge on any atom is -0.341 e. The van der Waals surface area contributed by atoms with E-state index in [2.05, 4.69) is 33.1 Å². The van der Waals surface area contributed by atoms with Gasteiger partial charge in [0.25, 0.3) is 0 Å². The number of anilines is 1. The maximum absolute atomic E-state index is 4.95. The van der Waals surface area contributed by atoms with Crippen LogP contribution in [0.2, 0.25) is 0 Å². The van der Waals surface area contributed by atoms with Crippen molar-refractivity contribution < 1.29 is 0 Å². The van der Waals surface area contributed by atoms with Gasteiger partial charge in [0.1, 0.15) is 0 Å². The van der Waals surface area contributed by atoms with Crippen LogP contribution in [0, 0.1) is 0 Å². The average Bonchev–Trinajstić information content (AvgIpc) is 3.24. The molecule has 5 heteroatoms. The monoisotopic (exact) mass is 321 g/mol. The summed E-state index contributed by atoms with van der Waals surface area (Å²) in [5.41, 5.74) is 3.80. The third-order valence-electron chi connectivity index (χ3n) is 5.78. The molecule has 2 saturated heterocycles. The smallest absolute Gasteiger partial charge is 0.225 e. The fourth-order valence-corrected chi connectivity index (χ4v) is 4.56. The van der Waals surface area contributed by atoms with E-state index in [0.717, 1.165) is 37.7 Å². The molecule has 0 radical (unpaired) electrons. The van der Waals surface area contributed by atoms with Gasteiger partial charge in [0.15, 0.2) is 0 Å². The second kappa shape index (κ2) is 5.81. The number of hydrogen-bond donors (Lipinski definition) is 0. The summed E-state index contributed by atoms with van der Waals surface area (Å²) < 4.78 is 0. The van der Waals surface area contributed by atoms with E-state index in [9.17, 15) is 0 Å². The molecule has 0 aromatic carbocycles. The minimum atomic E-state index is 0.466. The van der Waals surface area contributed by atoms with Crippen LogP contribution in [0.3, 0.4) is 0 Å². The van der Waals surface area contributed by atoms with Gasteiger partial charge in [0.2, 0.25) is 5.95 Å². The van der Waals surface area contributed by atoms with Gasteiger partial charge in [0, 0.05) is 56.1 Å². The third kappa shape index (κ3) is 2.38. The lowest BCUT2D eigenvalue weighted by atomic mass is 9.99. The predicted octanol–water partition coefficient (Wildman–Crippen LogP) is 2.73. The Bertz CT molecular complexity index is 726. The topological polar surface area (TPSA) is 45.2 Å². The zero-order valence-corrected chi connectivity index (χ0v) is 13.9. The molecule has 2 aromatic heterocycles. The summed E-state index contributed by atoms with van der Waals surface area (Å²) in [6.07, 6.45) is 10.1. The lowest BCUT2D eigenvalue weighted by Gasteiger charge is -2.35. The van der Waals surface area contributed by atoms with E-state index in [1.54, 1.807) is 0 Å². The number of hydrogen-bond acceptors (Lipinski definition) is 5. The Morgan fingerprint density at radius 2 is 2.00 bits per heavy atom. The van der Waals surface area contributed by atoms with Gasteiger partial charge in [-0.15, -0.1) is 0 Å². The molecule has 124 valence electrons. The number of nitrogens with zero attached hydrogens (tertiary/aromatic N) is 5. The molecule has 0 N–H and O–H groups in total. The van der Waals surface area contributed by atoms with Gasteiger partial charge in [-0.1, -0.05) is 6.07 Å². The molecule has 24 heavy (non-hydrogen) atoms. The van der Waals surface area contributed by atoms with E-state index in [1.807, 2.05) is 12.3 Å². The maximum Gasteiger partial charge on any atom is 0.225 e. The highest BCUT2D eigenvalue weighted by molar-refractivity contribution is 5.38. The van der Waals surface area contributed by atoms with Gasteiger partial charge in [-0.25, -0.2) is 9.97 Å². The highest BCUT2D eigenvalue weighted by Crippen LogP contribution is 2.43. The zero-order valence-electron chi connectivity index (χ0n) is 13.9. The highest BCUT2D eigenvalue weighted by Gasteiger charge is 2.41. The summed E-state index contributed by atoms with van der Waals surface area (Å²) >= 11 is 0. The number of fused-ring (bicyclic) bond motifs is 4. The molecule has 5 rings (SSSR count). The molecule has 2 atom stereocenters. The van der Waals surface area contributed by atoms with Crippen molar-refractivity contribution in [1.29, 1.82) is 0 Å². The Kier molecular flexibility index (Phi) is 3.47. The summed E-state index contributed by atoms with van der Waals surface area (Å²) in [6.45, 7) is 3.15. The normalized spacial score (nSPS) is 25.9. The molecule has 2 bridgehead atoms. The highest BCUT2D eigenvalue weighted by atomic mass is 15.3. The maximum atomic E-state index is 4.95. The molecule has 3 aliphatic heterocycles. The van der Waals surface area contributed by atoms with Crippen LogP contribution >= 0.6 is 0 Å². The van der Waals surface area contributed by atoms with E-state index >= 15 is 0 Å². The molecule has 0 aliphatic carbocycles. The molecular formula is C19H23N5. The molecule has 0 amide bonds. The van der Waals surface area contributed by atoms with E-state index < -0.39 is 0 Å². The first-order valence-corrected chi connectivity index (χ1v) is 9.15. The first kappa shape index (κ1) is 14.3. The van der Waals surface area contributed by atoms with E-state index in [4.69, 9.17) is 9.97 Å². The summed E-state index contributed by atoms with van der Waals surface area (Å²) in [7, 11) is 0. The fourth-order valence-electron chi connectivity index (χ4n) is 4.56. The van der Waals surface area contributed by atoms with Crippen LogP contribution in [0.1, 0.15) is 48.7 Å². The third-order valence-corrected chi connectivity index (χ3v) is 5.78. The number of rotatable bonds is 3. The first-order valence-electron chi connectivity index (χ1n) is 9.15. The van der Waals surface area contributed by atoms with E-state index in [0.29, 0.717) is 12.1 Å². The van der Waals surface area contributed by atoms with Crippen LogP contribution in [0.25, 0.3) is 0 Å². The van der Waals surface area contributed by atoms with E-state index in [-0.39, 0.29) is 0 Å².